The zero-order chi connectivity index (χ0) is 20.6. The average molecular weight is 381 g/mol. The summed E-state index contributed by atoms with van der Waals surface area (Å²) in [6, 6.07) is -0.975. The number of carboxylic acids is 1. The molecule has 1 aliphatic rings. The van der Waals surface area contributed by atoms with Gasteiger partial charge in [-0.05, 0) is 51.9 Å². The third-order valence-corrected chi connectivity index (χ3v) is 4.60. The molecule has 7 nitrogen and oxygen atoms in total. The van der Waals surface area contributed by atoms with E-state index in [-0.39, 0.29) is 13.2 Å². The molecule has 1 N–H and O–H groups in total. The number of carbonyl (C=O) groups excluding carboxylic acids is 3. The number of carbonyl (C=O) groups is 4. The first-order chi connectivity index (χ1) is 12.6. The Morgan fingerprint density at radius 3 is 2.48 bits per heavy atom. The van der Waals surface area contributed by atoms with Gasteiger partial charge in [0.2, 0.25) is 5.78 Å². The molecule has 152 valence electrons. The number of aliphatic carboxylic acids is 1. The van der Waals surface area contributed by atoms with E-state index in [1.165, 1.54) is 19.9 Å². The molecule has 0 aliphatic carbocycles. The number of carboxylic acid groups (broad SMARTS) is 1. The number of likely N-dealkylation sites (tertiary alicyclic amines) is 1. The second-order valence-electron chi connectivity index (χ2n) is 8.04. The van der Waals surface area contributed by atoms with Gasteiger partial charge in [-0.2, -0.15) is 0 Å². The van der Waals surface area contributed by atoms with Gasteiger partial charge in [0.15, 0.2) is 0 Å². The predicted molar refractivity (Wildman–Crippen MR) is 99.9 cm³/mol. The number of hydrogen-bond acceptors (Lipinski definition) is 5. The summed E-state index contributed by atoms with van der Waals surface area (Å²) in [6.45, 7) is 7.22. The standard InChI is InChI=1S/C20H31NO6/c1-14(2)9-5-6-11-16(22)27-13-20(3,4)17(23)18(24)21-12-8-7-10-15(21)19(25)26/h6,11,14-15H,5,7-10,12-13H2,1-4H3,(H,25,26)/b11-6-/t15-/m0/s1. The molecule has 1 rings (SSSR count). The molecule has 0 bridgehead atoms. The Balaban J connectivity index is 2.62. The number of amides is 1. The molecule has 1 saturated heterocycles. The number of ketones is 1. The summed E-state index contributed by atoms with van der Waals surface area (Å²) in [6.07, 6.45) is 6.49. The van der Waals surface area contributed by atoms with Gasteiger partial charge in [0, 0.05) is 12.6 Å². The van der Waals surface area contributed by atoms with Crippen molar-refractivity contribution in [3.8, 4) is 0 Å². The predicted octanol–water partition coefficient (Wildman–Crippen LogP) is 2.58. The molecule has 1 fully saturated rings. The second kappa shape index (κ2) is 10.2. The minimum absolute atomic E-state index is 0.240. The highest BCUT2D eigenvalue weighted by Crippen LogP contribution is 2.23. The van der Waals surface area contributed by atoms with Crippen LogP contribution in [0.4, 0.5) is 0 Å². The SMILES string of the molecule is CC(C)CC/C=C\C(=O)OCC(C)(C)C(=O)C(=O)N1CCCC[C@H]1C(=O)O. The van der Waals surface area contributed by atoms with E-state index < -0.39 is 35.1 Å². The van der Waals surface area contributed by atoms with Crippen molar-refractivity contribution >= 4 is 23.6 Å². The normalized spacial score (nSPS) is 18.0. The van der Waals surface area contributed by atoms with Crippen molar-refractivity contribution in [1.82, 2.24) is 4.90 Å². The van der Waals surface area contributed by atoms with Crippen molar-refractivity contribution < 1.29 is 29.0 Å². The van der Waals surface area contributed by atoms with E-state index in [0.717, 1.165) is 17.7 Å². The van der Waals surface area contributed by atoms with Crippen molar-refractivity contribution in [2.75, 3.05) is 13.2 Å². The molecular formula is C20H31NO6. The number of allylic oxidation sites excluding steroid dienone is 1. The maximum absolute atomic E-state index is 12.6. The highest BCUT2D eigenvalue weighted by Gasteiger charge is 2.41. The molecule has 0 radical (unpaired) electrons. The summed E-state index contributed by atoms with van der Waals surface area (Å²) < 4.78 is 5.11. The number of hydrogen-bond donors (Lipinski definition) is 1. The highest BCUT2D eigenvalue weighted by atomic mass is 16.5. The molecule has 0 aromatic carbocycles. The average Bonchev–Trinajstić information content (AvgIpc) is 2.62. The van der Waals surface area contributed by atoms with Gasteiger partial charge >= 0.3 is 11.9 Å². The smallest absolute Gasteiger partial charge is 0.330 e. The van der Waals surface area contributed by atoms with Crippen LogP contribution in [-0.2, 0) is 23.9 Å². The van der Waals surface area contributed by atoms with Crippen molar-refractivity contribution in [2.24, 2.45) is 11.3 Å². The van der Waals surface area contributed by atoms with Gasteiger partial charge in [-0.1, -0.05) is 19.9 Å². The number of nitrogens with zero attached hydrogens (tertiary/aromatic N) is 1. The van der Waals surface area contributed by atoms with Crippen LogP contribution in [0.3, 0.4) is 0 Å². The Bertz CT molecular complexity index is 593. The molecular weight excluding hydrogens is 350 g/mol. The molecule has 1 atom stereocenters. The van der Waals surface area contributed by atoms with E-state index in [1.54, 1.807) is 6.08 Å². The Morgan fingerprint density at radius 2 is 1.89 bits per heavy atom. The van der Waals surface area contributed by atoms with Crippen molar-refractivity contribution in [2.45, 2.75) is 65.8 Å². The van der Waals surface area contributed by atoms with Crippen LogP contribution >= 0.6 is 0 Å². The van der Waals surface area contributed by atoms with Crippen molar-refractivity contribution in [3.05, 3.63) is 12.2 Å². The Labute approximate surface area is 160 Å². The van der Waals surface area contributed by atoms with Crippen LogP contribution in [0.25, 0.3) is 0 Å². The van der Waals surface area contributed by atoms with Crippen LogP contribution in [0, 0.1) is 11.3 Å². The fourth-order valence-electron chi connectivity index (χ4n) is 2.83. The zero-order valence-corrected chi connectivity index (χ0v) is 16.7. The molecule has 0 saturated carbocycles. The van der Waals surface area contributed by atoms with Crippen LogP contribution in [0.15, 0.2) is 12.2 Å². The van der Waals surface area contributed by atoms with Gasteiger partial charge in [0.1, 0.15) is 12.6 Å². The summed E-state index contributed by atoms with van der Waals surface area (Å²) in [4.78, 5) is 49.4. The lowest BCUT2D eigenvalue weighted by atomic mass is 9.87. The fourth-order valence-corrected chi connectivity index (χ4v) is 2.83. The highest BCUT2D eigenvalue weighted by molar-refractivity contribution is 6.38. The van der Waals surface area contributed by atoms with E-state index >= 15 is 0 Å². The summed E-state index contributed by atoms with van der Waals surface area (Å²) in [5.41, 5.74) is -1.22. The van der Waals surface area contributed by atoms with Gasteiger partial charge in [0.25, 0.3) is 5.91 Å². The maximum atomic E-state index is 12.6. The Morgan fingerprint density at radius 1 is 1.22 bits per heavy atom. The molecule has 0 spiro atoms. The zero-order valence-electron chi connectivity index (χ0n) is 16.7. The summed E-state index contributed by atoms with van der Waals surface area (Å²) >= 11 is 0. The molecule has 0 aromatic heterocycles. The van der Waals surface area contributed by atoms with Crippen LogP contribution < -0.4 is 0 Å². The first-order valence-corrected chi connectivity index (χ1v) is 9.47. The molecule has 0 aromatic rings. The number of rotatable bonds is 9. The lowest BCUT2D eigenvalue weighted by molar-refractivity contribution is -0.159. The quantitative estimate of drug-likeness (QED) is 0.374. The van der Waals surface area contributed by atoms with Crippen molar-refractivity contribution in [3.63, 3.8) is 0 Å². The van der Waals surface area contributed by atoms with Gasteiger partial charge in [-0.3, -0.25) is 9.59 Å². The van der Waals surface area contributed by atoms with Gasteiger partial charge in [-0.25, -0.2) is 9.59 Å². The Hall–Kier alpha value is -2.18. The van der Waals surface area contributed by atoms with Crippen molar-refractivity contribution in [1.29, 1.82) is 0 Å². The lowest BCUT2D eigenvalue weighted by Gasteiger charge is -2.34. The van der Waals surface area contributed by atoms with Crippen LogP contribution in [0.2, 0.25) is 0 Å². The maximum Gasteiger partial charge on any atom is 0.330 e. The molecule has 0 unspecified atom stereocenters. The molecule has 1 heterocycles. The van der Waals surface area contributed by atoms with Gasteiger partial charge in [-0.15, -0.1) is 0 Å². The first kappa shape index (κ1) is 22.9. The van der Waals surface area contributed by atoms with E-state index in [4.69, 9.17) is 4.74 Å². The minimum atomic E-state index is -1.22. The molecule has 27 heavy (non-hydrogen) atoms. The van der Waals surface area contributed by atoms with E-state index in [0.29, 0.717) is 25.2 Å². The van der Waals surface area contributed by atoms with Gasteiger partial charge < -0.3 is 14.7 Å². The molecule has 1 amide bonds. The number of ether oxygens (including phenoxy) is 1. The third-order valence-electron chi connectivity index (χ3n) is 4.60. The van der Waals surface area contributed by atoms with Crippen LogP contribution in [0.1, 0.15) is 59.8 Å². The summed E-state index contributed by atoms with van der Waals surface area (Å²) in [7, 11) is 0. The van der Waals surface area contributed by atoms with Gasteiger partial charge in [0.05, 0.1) is 5.41 Å². The monoisotopic (exact) mass is 381 g/mol. The second-order valence-corrected chi connectivity index (χ2v) is 8.04. The largest absolute Gasteiger partial charge is 0.480 e. The molecule has 1 aliphatic heterocycles. The van der Waals surface area contributed by atoms with Crippen LogP contribution in [-0.4, -0.2) is 52.8 Å². The van der Waals surface area contributed by atoms with Crippen LogP contribution in [0.5, 0.6) is 0 Å². The van der Waals surface area contributed by atoms with E-state index in [2.05, 4.69) is 13.8 Å². The van der Waals surface area contributed by atoms with E-state index in [1.807, 2.05) is 0 Å². The van der Waals surface area contributed by atoms with E-state index in [9.17, 15) is 24.3 Å². The minimum Gasteiger partial charge on any atom is -0.480 e. The third kappa shape index (κ3) is 7.15. The lowest BCUT2D eigenvalue weighted by Crippen LogP contribution is -2.53. The number of Topliss-reactive ketones (excluding diaryl/α,β-unsaturated/α-hetero) is 1. The summed E-state index contributed by atoms with van der Waals surface area (Å²) in [5.74, 6) is -2.69. The number of piperidine rings is 1. The topological polar surface area (TPSA) is 101 Å². The fraction of sp³-hybridized carbons (Fsp3) is 0.700. The molecule has 7 heteroatoms. The first-order valence-electron chi connectivity index (χ1n) is 9.47. The Kier molecular flexibility index (Phi) is 8.66. The summed E-state index contributed by atoms with van der Waals surface area (Å²) in [5, 5.41) is 9.27. The number of esters is 1.